The molecule has 4 rings (SSSR count). The van der Waals surface area contributed by atoms with Gasteiger partial charge < -0.3 is 5.32 Å². The zero-order valence-corrected chi connectivity index (χ0v) is 12.8. The molecule has 1 aromatic carbocycles. The third-order valence-electron chi connectivity index (χ3n) is 4.79. The minimum absolute atomic E-state index is 0.146. The van der Waals surface area contributed by atoms with Gasteiger partial charge in [0.1, 0.15) is 6.33 Å². The molecule has 1 aliphatic carbocycles. The fourth-order valence-corrected chi connectivity index (χ4v) is 3.21. The number of nitrogens with one attached hydrogen (secondary N) is 1. The second kappa shape index (κ2) is 5.21. The van der Waals surface area contributed by atoms with Gasteiger partial charge in [0, 0.05) is 18.3 Å². The van der Waals surface area contributed by atoms with Gasteiger partial charge in [-0.1, -0.05) is 29.8 Å². The molecule has 1 fully saturated rings. The van der Waals surface area contributed by atoms with Gasteiger partial charge in [-0.25, -0.2) is 9.50 Å². The van der Waals surface area contributed by atoms with Crippen LogP contribution >= 0.6 is 0 Å². The van der Waals surface area contributed by atoms with E-state index in [0.717, 1.165) is 12.2 Å². The second-order valence-corrected chi connectivity index (χ2v) is 6.25. The Balaban J connectivity index is 1.54. The molecule has 2 aromatic heterocycles. The molecule has 22 heavy (non-hydrogen) atoms. The summed E-state index contributed by atoms with van der Waals surface area (Å²) in [6, 6.07) is 13.2. The van der Waals surface area contributed by atoms with Crippen LogP contribution in [0.3, 0.4) is 0 Å². The largest absolute Gasteiger partial charge is 0.303 e. The first kappa shape index (κ1) is 13.5. The van der Waals surface area contributed by atoms with E-state index in [1.54, 1.807) is 10.8 Å². The summed E-state index contributed by atoms with van der Waals surface area (Å²) in [4.78, 5) is 4.25. The van der Waals surface area contributed by atoms with Crippen LogP contribution in [0.4, 0.5) is 0 Å². The smallest absolute Gasteiger partial charge is 0.155 e. The first-order valence-electron chi connectivity index (χ1n) is 7.86. The Kier molecular flexibility index (Phi) is 3.19. The number of benzene rings is 1. The van der Waals surface area contributed by atoms with Crippen molar-refractivity contribution in [2.24, 2.45) is 0 Å². The van der Waals surface area contributed by atoms with Crippen LogP contribution in [-0.2, 0) is 12.1 Å². The van der Waals surface area contributed by atoms with Gasteiger partial charge in [0.05, 0.1) is 0 Å². The summed E-state index contributed by atoms with van der Waals surface area (Å²) in [5.41, 5.74) is 5.02. The van der Waals surface area contributed by atoms with Gasteiger partial charge in [0.25, 0.3) is 0 Å². The highest BCUT2D eigenvalue weighted by molar-refractivity contribution is 5.39. The molecule has 4 nitrogen and oxygen atoms in total. The fourth-order valence-electron chi connectivity index (χ4n) is 3.21. The summed E-state index contributed by atoms with van der Waals surface area (Å²) in [6.07, 6.45) is 7.28. The summed E-state index contributed by atoms with van der Waals surface area (Å²) in [6.45, 7) is 3.00. The maximum atomic E-state index is 4.25. The molecule has 0 radical (unpaired) electrons. The molecular formula is C18H20N4. The topological polar surface area (TPSA) is 42.2 Å². The lowest BCUT2D eigenvalue weighted by atomic mass is 9.71. The standard InChI is InChI=1S/C18H20N4/c1-14-3-5-16(6-4-14)18(8-2-9-18)20-12-15-7-10-22-17(11-15)19-13-21-22/h3-7,10-11,13,20H,2,8-9,12H2,1H3. The van der Waals surface area contributed by atoms with Crippen LogP contribution in [0.1, 0.15) is 36.0 Å². The Morgan fingerprint density at radius 3 is 2.73 bits per heavy atom. The Hall–Kier alpha value is -2.20. The number of pyridine rings is 1. The van der Waals surface area contributed by atoms with Crippen LogP contribution in [0, 0.1) is 6.92 Å². The highest BCUT2D eigenvalue weighted by Crippen LogP contribution is 2.41. The monoisotopic (exact) mass is 292 g/mol. The third kappa shape index (κ3) is 2.29. The second-order valence-electron chi connectivity index (χ2n) is 6.25. The van der Waals surface area contributed by atoms with Crippen LogP contribution in [0.5, 0.6) is 0 Å². The summed E-state index contributed by atoms with van der Waals surface area (Å²) in [5.74, 6) is 0. The average molecular weight is 292 g/mol. The van der Waals surface area contributed by atoms with E-state index in [9.17, 15) is 0 Å². The van der Waals surface area contributed by atoms with Gasteiger partial charge in [-0.3, -0.25) is 0 Å². The normalized spacial score (nSPS) is 16.6. The SMILES string of the molecule is Cc1ccc(C2(NCc3ccn4ncnc4c3)CCC2)cc1. The minimum Gasteiger partial charge on any atom is -0.303 e. The van der Waals surface area contributed by atoms with Crippen molar-refractivity contribution in [2.45, 2.75) is 38.3 Å². The predicted molar refractivity (Wildman–Crippen MR) is 86.5 cm³/mol. The summed E-state index contributed by atoms with van der Waals surface area (Å²) in [7, 11) is 0. The van der Waals surface area contributed by atoms with Gasteiger partial charge in [-0.05, 0) is 49.4 Å². The first-order chi connectivity index (χ1) is 10.8. The van der Waals surface area contributed by atoms with Gasteiger partial charge in [-0.2, -0.15) is 5.10 Å². The van der Waals surface area contributed by atoms with E-state index in [1.807, 2.05) is 6.20 Å². The molecule has 0 atom stereocenters. The molecule has 1 aliphatic rings. The quantitative estimate of drug-likeness (QED) is 0.803. The van der Waals surface area contributed by atoms with Crippen LogP contribution in [-0.4, -0.2) is 14.6 Å². The van der Waals surface area contributed by atoms with Gasteiger partial charge in [0.15, 0.2) is 5.65 Å². The highest BCUT2D eigenvalue weighted by atomic mass is 15.3. The van der Waals surface area contributed by atoms with Gasteiger partial charge >= 0.3 is 0 Å². The van der Waals surface area contributed by atoms with E-state index in [2.05, 4.69) is 58.7 Å². The van der Waals surface area contributed by atoms with E-state index >= 15 is 0 Å². The Morgan fingerprint density at radius 2 is 2.00 bits per heavy atom. The molecule has 0 bridgehead atoms. The van der Waals surface area contributed by atoms with E-state index < -0.39 is 0 Å². The zero-order chi connectivity index (χ0) is 15.0. The Bertz CT molecular complexity index is 784. The number of fused-ring (bicyclic) bond motifs is 1. The molecule has 0 amide bonds. The molecule has 3 aromatic rings. The Morgan fingerprint density at radius 1 is 1.18 bits per heavy atom. The molecule has 4 heteroatoms. The molecule has 2 heterocycles. The molecule has 1 N–H and O–H groups in total. The lowest BCUT2D eigenvalue weighted by molar-refractivity contribution is 0.183. The maximum absolute atomic E-state index is 4.25. The number of hydrogen-bond acceptors (Lipinski definition) is 3. The van der Waals surface area contributed by atoms with Crippen molar-refractivity contribution in [3.63, 3.8) is 0 Å². The number of nitrogens with zero attached hydrogens (tertiary/aromatic N) is 3. The van der Waals surface area contributed by atoms with Crippen LogP contribution in [0.2, 0.25) is 0 Å². The zero-order valence-electron chi connectivity index (χ0n) is 12.8. The molecule has 0 aliphatic heterocycles. The molecule has 0 unspecified atom stereocenters. The molecule has 112 valence electrons. The third-order valence-corrected chi connectivity index (χ3v) is 4.79. The maximum Gasteiger partial charge on any atom is 0.155 e. The van der Waals surface area contributed by atoms with Crippen molar-refractivity contribution in [3.8, 4) is 0 Å². The van der Waals surface area contributed by atoms with E-state index in [0.29, 0.717) is 0 Å². The van der Waals surface area contributed by atoms with Crippen LogP contribution in [0.25, 0.3) is 5.65 Å². The summed E-state index contributed by atoms with van der Waals surface area (Å²) < 4.78 is 1.79. The van der Waals surface area contributed by atoms with E-state index in [1.165, 1.54) is 36.0 Å². The van der Waals surface area contributed by atoms with Crippen molar-refractivity contribution < 1.29 is 0 Å². The lowest BCUT2D eigenvalue weighted by Gasteiger charge is -2.43. The summed E-state index contributed by atoms with van der Waals surface area (Å²) >= 11 is 0. The van der Waals surface area contributed by atoms with Crippen LogP contribution in [0.15, 0.2) is 48.9 Å². The van der Waals surface area contributed by atoms with Crippen molar-refractivity contribution >= 4 is 5.65 Å². The molecule has 1 saturated carbocycles. The van der Waals surface area contributed by atoms with Crippen molar-refractivity contribution in [2.75, 3.05) is 0 Å². The predicted octanol–water partition coefficient (Wildman–Crippen LogP) is 3.21. The number of aromatic nitrogens is 3. The minimum atomic E-state index is 0.146. The van der Waals surface area contributed by atoms with Crippen molar-refractivity contribution in [1.29, 1.82) is 0 Å². The number of aryl methyl sites for hydroxylation is 1. The lowest BCUT2D eigenvalue weighted by Crippen LogP contribution is -2.47. The van der Waals surface area contributed by atoms with Gasteiger partial charge in [0.2, 0.25) is 0 Å². The molecule has 0 saturated heterocycles. The molecular weight excluding hydrogens is 272 g/mol. The Labute approximate surface area is 130 Å². The number of rotatable bonds is 4. The van der Waals surface area contributed by atoms with Crippen molar-refractivity contribution in [1.82, 2.24) is 19.9 Å². The van der Waals surface area contributed by atoms with Crippen molar-refractivity contribution in [3.05, 3.63) is 65.6 Å². The van der Waals surface area contributed by atoms with E-state index in [-0.39, 0.29) is 5.54 Å². The number of hydrogen-bond donors (Lipinski definition) is 1. The molecule has 0 spiro atoms. The van der Waals surface area contributed by atoms with Crippen LogP contribution < -0.4 is 5.32 Å². The van der Waals surface area contributed by atoms with E-state index in [4.69, 9.17) is 0 Å². The first-order valence-corrected chi connectivity index (χ1v) is 7.86. The average Bonchev–Trinajstić information content (AvgIpc) is 2.95. The van der Waals surface area contributed by atoms with Gasteiger partial charge in [-0.15, -0.1) is 0 Å². The highest BCUT2D eigenvalue weighted by Gasteiger charge is 2.37. The fraction of sp³-hybridized carbons (Fsp3) is 0.333. The summed E-state index contributed by atoms with van der Waals surface area (Å²) in [5, 5.41) is 7.92.